The summed E-state index contributed by atoms with van der Waals surface area (Å²) in [4.78, 5) is 30.4. The minimum absolute atomic E-state index is 0.0470. The van der Waals surface area contributed by atoms with Gasteiger partial charge >= 0.3 is 5.97 Å². The van der Waals surface area contributed by atoms with E-state index in [0.29, 0.717) is 23.9 Å². The lowest BCUT2D eigenvalue weighted by molar-refractivity contribution is -0.150. The molecule has 29 heavy (non-hydrogen) atoms. The molecule has 1 fully saturated rings. The van der Waals surface area contributed by atoms with Crippen LogP contribution >= 0.6 is 0 Å². The molecule has 1 aromatic carbocycles. The van der Waals surface area contributed by atoms with Crippen LogP contribution in [0.5, 0.6) is 0 Å². The number of carbonyl (C=O) groups excluding carboxylic acids is 2. The van der Waals surface area contributed by atoms with Gasteiger partial charge in [-0.3, -0.25) is 4.79 Å². The van der Waals surface area contributed by atoms with Gasteiger partial charge in [0.2, 0.25) is 5.89 Å². The van der Waals surface area contributed by atoms with Gasteiger partial charge in [0, 0.05) is 24.2 Å². The second-order valence-corrected chi connectivity index (χ2v) is 9.30. The van der Waals surface area contributed by atoms with Crippen LogP contribution in [0.1, 0.15) is 32.6 Å². The number of carbonyl (C=O) groups is 2. The fourth-order valence-electron chi connectivity index (χ4n) is 3.36. The average molecular weight is 420 g/mol. The Morgan fingerprint density at radius 3 is 2.79 bits per heavy atom. The van der Waals surface area contributed by atoms with E-state index in [9.17, 15) is 18.0 Å². The summed E-state index contributed by atoms with van der Waals surface area (Å²) in [6.45, 7) is 3.33. The summed E-state index contributed by atoms with van der Waals surface area (Å²) in [7, 11) is -3.13. The van der Waals surface area contributed by atoms with Crippen LogP contribution in [0.2, 0.25) is 0 Å². The predicted molar refractivity (Wildman–Crippen MR) is 108 cm³/mol. The van der Waals surface area contributed by atoms with E-state index in [4.69, 9.17) is 9.15 Å². The first-order valence-electron chi connectivity index (χ1n) is 9.51. The monoisotopic (exact) mass is 420 g/mol. The number of aromatic nitrogens is 1. The number of hydrogen-bond acceptors (Lipinski definition) is 7. The normalized spacial score (nSPS) is 19.4. The summed E-state index contributed by atoms with van der Waals surface area (Å²) in [5.41, 5.74) is 1.28. The number of ether oxygens (including phenoxy) is 1. The zero-order valence-corrected chi connectivity index (χ0v) is 17.2. The standard InChI is InChI=1S/C20H24N2O6S/c1-3-14(2)22(15-10-11-29(25,26)13-15)19(23)12-27-20(24)9-8-18-21-16-6-4-5-7-17(16)28-18/h4-9,14-15H,3,10-13H2,1-2H3/b9-8+/t14-,15-/m0/s1. The molecule has 0 bridgehead atoms. The number of benzene rings is 1. The number of amides is 1. The van der Waals surface area contributed by atoms with E-state index < -0.39 is 28.3 Å². The Morgan fingerprint density at radius 2 is 2.14 bits per heavy atom. The highest BCUT2D eigenvalue weighted by Crippen LogP contribution is 2.21. The van der Waals surface area contributed by atoms with Crippen molar-refractivity contribution in [3.05, 3.63) is 36.2 Å². The van der Waals surface area contributed by atoms with Gasteiger partial charge in [0.15, 0.2) is 22.0 Å². The third-order valence-electron chi connectivity index (χ3n) is 4.97. The molecule has 9 heteroatoms. The molecule has 2 atom stereocenters. The maximum Gasteiger partial charge on any atom is 0.331 e. The van der Waals surface area contributed by atoms with Gasteiger partial charge in [0.25, 0.3) is 5.91 Å². The summed E-state index contributed by atoms with van der Waals surface area (Å²) in [6, 6.07) is 6.69. The summed E-state index contributed by atoms with van der Waals surface area (Å²) >= 11 is 0. The Labute approximate surface area is 169 Å². The van der Waals surface area contributed by atoms with Crippen LogP contribution in [0.15, 0.2) is 34.8 Å². The molecule has 0 spiro atoms. The molecule has 3 rings (SSSR count). The van der Waals surface area contributed by atoms with Crippen molar-refractivity contribution < 1.29 is 27.2 Å². The number of para-hydroxylation sites is 2. The molecule has 0 N–H and O–H groups in total. The summed E-state index contributed by atoms with van der Waals surface area (Å²) in [5.74, 6) is -0.819. The first-order valence-corrected chi connectivity index (χ1v) is 11.3. The minimum atomic E-state index is -3.13. The van der Waals surface area contributed by atoms with Crippen molar-refractivity contribution in [2.75, 3.05) is 18.1 Å². The summed E-state index contributed by atoms with van der Waals surface area (Å²) in [6.07, 6.45) is 3.60. The summed E-state index contributed by atoms with van der Waals surface area (Å²) in [5, 5.41) is 0. The van der Waals surface area contributed by atoms with Gasteiger partial charge in [-0.25, -0.2) is 18.2 Å². The third kappa shape index (κ3) is 5.23. The Bertz CT molecular complexity index is 994. The van der Waals surface area contributed by atoms with Gasteiger partial charge in [-0.15, -0.1) is 0 Å². The molecule has 1 amide bonds. The number of esters is 1. The van der Waals surface area contributed by atoms with E-state index in [1.807, 2.05) is 26.0 Å². The van der Waals surface area contributed by atoms with E-state index in [1.54, 1.807) is 17.0 Å². The maximum atomic E-state index is 12.6. The lowest BCUT2D eigenvalue weighted by atomic mass is 10.1. The average Bonchev–Trinajstić information content (AvgIpc) is 3.27. The molecule has 0 radical (unpaired) electrons. The first-order chi connectivity index (χ1) is 13.8. The molecular formula is C20H24N2O6S. The molecule has 1 aliphatic rings. The van der Waals surface area contributed by atoms with Crippen molar-refractivity contribution in [2.24, 2.45) is 0 Å². The van der Waals surface area contributed by atoms with Gasteiger partial charge in [0.05, 0.1) is 11.5 Å². The van der Waals surface area contributed by atoms with Gasteiger partial charge < -0.3 is 14.1 Å². The zero-order valence-electron chi connectivity index (χ0n) is 16.4. The molecule has 156 valence electrons. The molecule has 1 saturated heterocycles. The van der Waals surface area contributed by atoms with E-state index >= 15 is 0 Å². The van der Waals surface area contributed by atoms with Crippen LogP contribution in [-0.4, -0.2) is 60.4 Å². The molecule has 2 aromatic rings. The second-order valence-electron chi connectivity index (χ2n) is 7.08. The molecular weight excluding hydrogens is 396 g/mol. The highest BCUT2D eigenvalue weighted by atomic mass is 32.2. The van der Waals surface area contributed by atoms with Crippen molar-refractivity contribution in [1.82, 2.24) is 9.88 Å². The van der Waals surface area contributed by atoms with Gasteiger partial charge in [0.1, 0.15) is 5.52 Å². The van der Waals surface area contributed by atoms with Crippen molar-refractivity contribution in [3.63, 3.8) is 0 Å². The Hall–Kier alpha value is -2.68. The van der Waals surface area contributed by atoms with Gasteiger partial charge in [-0.05, 0) is 31.9 Å². The van der Waals surface area contributed by atoms with Crippen LogP contribution in [-0.2, 0) is 24.2 Å². The van der Waals surface area contributed by atoms with Gasteiger partial charge in [-0.2, -0.15) is 0 Å². The molecule has 1 aliphatic heterocycles. The second kappa shape index (κ2) is 8.77. The number of sulfone groups is 1. The Balaban J connectivity index is 1.59. The van der Waals surface area contributed by atoms with E-state index in [0.717, 1.165) is 6.08 Å². The zero-order chi connectivity index (χ0) is 21.0. The molecule has 1 aromatic heterocycles. The number of nitrogens with zero attached hydrogens (tertiary/aromatic N) is 2. The molecule has 2 heterocycles. The van der Waals surface area contributed by atoms with E-state index in [1.165, 1.54) is 6.08 Å². The van der Waals surface area contributed by atoms with Gasteiger partial charge in [-0.1, -0.05) is 19.1 Å². The third-order valence-corrected chi connectivity index (χ3v) is 6.72. The van der Waals surface area contributed by atoms with Crippen molar-refractivity contribution in [2.45, 2.75) is 38.8 Å². The lowest BCUT2D eigenvalue weighted by Crippen LogP contribution is -2.48. The molecule has 0 aliphatic carbocycles. The fourth-order valence-corrected chi connectivity index (χ4v) is 5.07. The van der Waals surface area contributed by atoms with Crippen LogP contribution in [0, 0.1) is 0 Å². The van der Waals surface area contributed by atoms with Crippen LogP contribution < -0.4 is 0 Å². The molecule has 0 saturated carbocycles. The first kappa shape index (κ1) is 21.0. The SMILES string of the molecule is CC[C@H](C)N(C(=O)COC(=O)/C=C/c1nc2ccccc2o1)[C@H]1CCS(=O)(=O)C1. The van der Waals surface area contributed by atoms with Crippen molar-refractivity contribution >= 4 is 38.9 Å². The van der Waals surface area contributed by atoms with Crippen LogP contribution in [0.25, 0.3) is 17.2 Å². The lowest BCUT2D eigenvalue weighted by Gasteiger charge is -2.33. The van der Waals surface area contributed by atoms with Crippen LogP contribution in [0.4, 0.5) is 0 Å². The fraction of sp³-hybridized carbons (Fsp3) is 0.450. The van der Waals surface area contributed by atoms with Crippen molar-refractivity contribution in [1.29, 1.82) is 0 Å². The number of oxazole rings is 1. The molecule has 0 unspecified atom stereocenters. The van der Waals surface area contributed by atoms with E-state index in [-0.39, 0.29) is 29.5 Å². The maximum absolute atomic E-state index is 12.6. The Morgan fingerprint density at radius 1 is 1.38 bits per heavy atom. The smallest absolute Gasteiger partial charge is 0.331 e. The number of rotatable bonds is 7. The highest BCUT2D eigenvalue weighted by molar-refractivity contribution is 7.91. The number of fused-ring (bicyclic) bond motifs is 1. The topological polar surface area (TPSA) is 107 Å². The van der Waals surface area contributed by atoms with Crippen molar-refractivity contribution in [3.8, 4) is 0 Å². The highest BCUT2D eigenvalue weighted by Gasteiger charge is 2.36. The molecule has 8 nitrogen and oxygen atoms in total. The summed E-state index contributed by atoms with van der Waals surface area (Å²) < 4.78 is 34.1. The number of hydrogen-bond donors (Lipinski definition) is 0. The minimum Gasteiger partial charge on any atom is -0.452 e. The largest absolute Gasteiger partial charge is 0.452 e. The predicted octanol–water partition coefficient (Wildman–Crippen LogP) is 2.20. The Kier molecular flexibility index (Phi) is 6.36. The van der Waals surface area contributed by atoms with Crippen LogP contribution in [0.3, 0.4) is 0 Å². The quantitative estimate of drug-likeness (QED) is 0.499. The van der Waals surface area contributed by atoms with E-state index in [2.05, 4.69) is 4.98 Å².